The van der Waals surface area contributed by atoms with Crippen LogP contribution in [0.3, 0.4) is 0 Å². The van der Waals surface area contributed by atoms with Crippen LogP contribution in [-0.2, 0) is 71.1 Å². The van der Waals surface area contributed by atoms with Gasteiger partial charge in [0.2, 0.25) is 0 Å². The zero-order valence-corrected chi connectivity index (χ0v) is 31.6. The molecule has 0 heterocycles. The number of alkyl carbamates (subject to hydrolysis) is 1. The molecule has 0 bridgehead atoms. The third-order valence-corrected chi connectivity index (χ3v) is 6.31. The average molecular weight is 746 g/mol. The standard InChI is InChI=1S/C34H67NO16/c1-34(2,3)51-32(36)16-14-12-10-8-6-5-7-9-11-13-15-17-35-33(37)50-21-20-40-23-42-25-44-27-46-29-48-31-49-30-47-28-45-26-43-24-41-22-39-19-18-38-4/h5-31H2,1-4H3,(H,35,37). The highest BCUT2D eigenvalue weighted by Gasteiger charge is 2.15. The van der Waals surface area contributed by atoms with Crippen LogP contribution in [0.4, 0.5) is 4.79 Å². The minimum atomic E-state index is -0.454. The molecule has 0 atom stereocenters. The van der Waals surface area contributed by atoms with Crippen molar-refractivity contribution in [2.24, 2.45) is 0 Å². The van der Waals surface area contributed by atoms with Crippen molar-refractivity contribution in [2.75, 3.05) is 108 Å². The Morgan fingerprint density at radius 1 is 0.451 bits per heavy atom. The fraction of sp³-hybridized carbons (Fsp3) is 0.941. The topological polar surface area (TPSA) is 175 Å². The second kappa shape index (κ2) is 39.5. The maximum atomic E-state index is 11.8. The molecule has 0 saturated heterocycles. The molecule has 0 aliphatic carbocycles. The molecule has 0 saturated carbocycles. The van der Waals surface area contributed by atoms with E-state index in [0.717, 1.165) is 32.1 Å². The van der Waals surface area contributed by atoms with Crippen molar-refractivity contribution in [3.05, 3.63) is 0 Å². The van der Waals surface area contributed by atoms with Crippen LogP contribution in [0, 0.1) is 0 Å². The lowest BCUT2D eigenvalue weighted by Crippen LogP contribution is -2.26. The van der Waals surface area contributed by atoms with Crippen LogP contribution in [0.25, 0.3) is 0 Å². The van der Waals surface area contributed by atoms with Crippen LogP contribution >= 0.6 is 0 Å². The van der Waals surface area contributed by atoms with Crippen molar-refractivity contribution in [3.63, 3.8) is 0 Å². The molecule has 0 aromatic rings. The lowest BCUT2D eigenvalue weighted by Gasteiger charge is -2.19. The van der Waals surface area contributed by atoms with Crippen LogP contribution in [0.2, 0.25) is 0 Å². The number of ether oxygens (including phenoxy) is 14. The first kappa shape index (κ1) is 49.3. The number of hydrogen-bond acceptors (Lipinski definition) is 16. The highest BCUT2D eigenvalue weighted by Crippen LogP contribution is 2.14. The molecule has 0 aromatic heterocycles. The minimum absolute atomic E-state index is 0.00143. The fourth-order valence-corrected chi connectivity index (χ4v) is 3.97. The molecule has 17 nitrogen and oxygen atoms in total. The lowest BCUT2D eigenvalue weighted by molar-refractivity contribution is -0.232. The largest absolute Gasteiger partial charge is 0.460 e. The van der Waals surface area contributed by atoms with Gasteiger partial charge in [0.05, 0.1) is 19.8 Å². The third-order valence-electron chi connectivity index (χ3n) is 6.31. The van der Waals surface area contributed by atoms with Crippen molar-refractivity contribution in [3.8, 4) is 0 Å². The summed E-state index contributed by atoms with van der Waals surface area (Å²) in [7, 11) is 1.59. The number of unbranched alkanes of at least 4 members (excludes halogenated alkanes) is 10. The Balaban J connectivity index is 3.19. The van der Waals surface area contributed by atoms with E-state index in [9.17, 15) is 9.59 Å². The summed E-state index contributed by atoms with van der Waals surface area (Å²) in [4.78, 5) is 23.4. The molecule has 51 heavy (non-hydrogen) atoms. The summed E-state index contributed by atoms with van der Waals surface area (Å²) < 4.78 is 71.3. The van der Waals surface area contributed by atoms with E-state index in [2.05, 4.69) is 5.32 Å². The summed E-state index contributed by atoms with van der Waals surface area (Å²) in [6.45, 7) is 7.47. The van der Waals surface area contributed by atoms with Crippen molar-refractivity contribution in [1.29, 1.82) is 0 Å². The van der Waals surface area contributed by atoms with Crippen LogP contribution in [0.15, 0.2) is 0 Å². The van der Waals surface area contributed by atoms with Gasteiger partial charge in [0.25, 0.3) is 0 Å². The second-order valence-corrected chi connectivity index (χ2v) is 12.1. The van der Waals surface area contributed by atoms with Gasteiger partial charge in [-0.1, -0.05) is 57.8 Å². The number of rotatable bonds is 40. The molecule has 304 valence electrons. The number of nitrogens with one attached hydrogen (secondary N) is 1. The molecule has 0 aromatic carbocycles. The van der Waals surface area contributed by atoms with E-state index >= 15 is 0 Å². The quantitative estimate of drug-likeness (QED) is 0.0495. The van der Waals surface area contributed by atoms with Crippen molar-refractivity contribution < 1.29 is 75.9 Å². The molecule has 0 aliphatic heterocycles. The van der Waals surface area contributed by atoms with Gasteiger partial charge in [-0.15, -0.1) is 0 Å². The molecule has 1 N–H and O–H groups in total. The molecular formula is C34H67NO16. The summed E-state index contributed by atoms with van der Waals surface area (Å²) in [5.74, 6) is -0.0975. The summed E-state index contributed by atoms with van der Waals surface area (Å²) >= 11 is 0. The normalized spacial score (nSPS) is 11.6. The Bertz CT molecular complexity index is 744. The smallest absolute Gasteiger partial charge is 0.407 e. The van der Waals surface area contributed by atoms with Gasteiger partial charge in [0, 0.05) is 20.1 Å². The molecule has 1 amide bonds. The van der Waals surface area contributed by atoms with Crippen LogP contribution < -0.4 is 5.32 Å². The molecule has 0 aliphatic rings. The Labute approximate surface area is 304 Å². The SMILES string of the molecule is COCCOCOCOCOCOCOCOCOCOCOCOCCOC(=O)NCCCCCCCCCCCCCC(=O)OC(C)(C)C. The van der Waals surface area contributed by atoms with Gasteiger partial charge in [0.15, 0.2) is 54.3 Å². The first-order valence-electron chi connectivity index (χ1n) is 17.8. The van der Waals surface area contributed by atoms with E-state index < -0.39 is 11.7 Å². The highest BCUT2D eigenvalue weighted by molar-refractivity contribution is 5.69. The second-order valence-electron chi connectivity index (χ2n) is 12.1. The van der Waals surface area contributed by atoms with E-state index in [0.29, 0.717) is 26.2 Å². The summed E-state index contributed by atoms with van der Waals surface area (Å²) in [6.07, 6.45) is 12.5. The lowest BCUT2D eigenvalue weighted by atomic mass is 10.1. The number of carbonyl (C=O) groups excluding carboxylic acids is 2. The number of carbonyl (C=O) groups is 2. The molecule has 0 radical (unpaired) electrons. The molecular weight excluding hydrogens is 678 g/mol. The van der Waals surface area contributed by atoms with E-state index in [1.165, 1.54) is 38.5 Å². The fourth-order valence-electron chi connectivity index (χ4n) is 3.97. The number of esters is 1. The number of amides is 1. The van der Waals surface area contributed by atoms with Crippen LogP contribution in [0.1, 0.15) is 97.8 Å². The van der Waals surface area contributed by atoms with Gasteiger partial charge in [-0.25, -0.2) is 4.79 Å². The van der Waals surface area contributed by atoms with Crippen molar-refractivity contribution in [1.82, 2.24) is 5.32 Å². The monoisotopic (exact) mass is 745 g/mol. The minimum Gasteiger partial charge on any atom is -0.460 e. The van der Waals surface area contributed by atoms with Gasteiger partial charge < -0.3 is 71.6 Å². The van der Waals surface area contributed by atoms with Gasteiger partial charge in [-0.05, 0) is 33.6 Å². The summed E-state index contributed by atoms with van der Waals surface area (Å²) in [5, 5.41) is 2.75. The first-order chi connectivity index (χ1) is 24.8. The first-order valence-corrected chi connectivity index (χ1v) is 17.8. The van der Waals surface area contributed by atoms with E-state index in [1.54, 1.807) is 7.11 Å². The number of hydrogen-bond donors (Lipinski definition) is 1. The summed E-state index contributed by atoms with van der Waals surface area (Å²) in [5.41, 5.74) is -0.397. The number of methoxy groups -OCH3 is 1. The third kappa shape index (κ3) is 44.3. The van der Waals surface area contributed by atoms with Crippen molar-refractivity contribution in [2.45, 2.75) is 103 Å². The Kier molecular flexibility index (Phi) is 38.1. The van der Waals surface area contributed by atoms with Gasteiger partial charge in [-0.3, -0.25) is 4.79 Å². The summed E-state index contributed by atoms with van der Waals surface area (Å²) in [6, 6.07) is 0. The van der Waals surface area contributed by atoms with E-state index in [1.807, 2.05) is 20.8 Å². The Morgan fingerprint density at radius 2 is 0.804 bits per heavy atom. The van der Waals surface area contributed by atoms with Gasteiger partial charge >= 0.3 is 12.1 Å². The van der Waals surface area contributed by atoms with E-state index in [4.69, 9.17) is 66.3 Å². The van der Waals surface area contributed by atoms with Crippen molar-refractivity contribution >= 4 is 12.1 Å². The molecule has 0 unspecified atom stereocenters. The highest BCUT2D eigenvalue weighted by atomic mass is 16.8. The zero-order chi connectivity index (χ0) is 37.4. The van der Waals surface area contributed by atoms with Gasteiger partial charge in [-0.2, -0.15) is 0 Å². The predicted molar refractivity (Wildman–Crippen MR) is 183 cm³/mol. The molecule has 0 spiro atoms. The maximum absolute atomic E-state index is 11.8. The Hall–Kier alpha value is -1.74. The van der Waals surface area contributed by atoms with Crippen LogP contribution in [-0.4, -0.2) is 126 Å². The maximum Gasteiger partial charge on any atom is 0.407 e. The zero-order valence-electron chi connectivity index (χ0n) is 31.6. The van der Waals surface area contributed by atoms with Gasteiger partial charge in [0.1, 0.15) is 25.8 Å². The molecule has 0 rings (SSSR count). The molecule has 0 fully saturated rings. The molecule has 17 heteroatoms. The Morgan fingerprint density at radius 3 is 1.20 bits per heavy atom. The average Bonchev–Trinajstić information content (AvgIpc) is 3.09. The van der Waals surface area contributed by atoms with Crippen LogP contribution in [0.5, 0.6) is 0 Å². The van der Waals surface area contributed by atoms with E-state index in [-0.39, 0.29) is 87.1 Å². The predicted octanol–water partition coefficient (Wildman–Crippen LogP) is 5.14.